The number of nitrogens with one attached hydrogen (secondary N) is 3. The predicted octanol–water partition coefficient (Wildman–Crippen LogP) is -0.677. The molecule has 0 spiro atoms. The third-order valence-corrected chi connectivity index (χ3v) is 3.89. The third-order valence-electron chi connectivity index (χ3n) is 2.94. The summed E-state index contributed by atoms with van der Waals surface area (Å²) in [5, 5.41) is 29.7. The number of amides is 1. The van der Waals surface area contributed by atoms with E-state index >= 15 is 0 Å². The first kappa shape index (κ1) is 19.6. The summed E-state index contributed by atoms with van der Waals surface area (Å²) in [6.07, 6.45) is 0.977. The molecule has 1 aromatic heterocycles. The van der Waals surface area contributed by atoms with E-state index in [9.17, 15) is 29.6 Å². The molecule has 1 heterocycles. The van der Waals surface area contributed by atoms with Crippen LogP contribution in [-0.2, 0) is 4.79 Å². The molecule has 0 saturated carbocycles. The van der Waals surface area contributed by atoms with Crippen LogP contribution >= 0.6 is 11.8 Å². The Labute approximate surface area is 153 Å². The van der Waals surface area contributed by atoms with Gasteiger partial charge in [-0.05, 0) is 6.07 Å². The SMILES string of the molecule is COc1cc([N+](=O)[O-])c(/C=N/NC(=O)CSc2n[nH]c(=O)[nH]c2=O)cc1O. The molecule has 2 aromatic rings. The van der Waals surface area contributed by atoms with Crippen molar-refractivity contribution >= 4 is 29.6 Å². The van der Waals surface area contributed by atoms with Crippen LogP contribution in [0.15, 0.2) is 31.8 Å². The average molecular weight is 396 g/mol. The molecule has 142 valence electrons. The first-order chi connectivity index (χ1) is 12.8. The number of nitrogens with zero attached hydrogens (tertiary/aromatic N) is 3. The maximum atomic E-state index is 11.7. The Morgan fingerprint density at radius 2 is 2.26 bits per heavy atom. The molecule has 0 atom stereocenters. The molecule has 1 amide bonds. The number of aromatic hydroxyl groups is 1. The highest BCUT2D eigenvalue weighted by molar-refractivity contribution is 7.99. The van der Waals surface area contributed by atoms with Gasteiger partial charge in [0, 0.05) is 0 Å². The Morgan fingerprint density at radius 1 is 1.52 bits per heavy atom. The number of aromatic amines is 2. The van der Waals surface area contributed by atoms with Gasteiger partial charge in [0.1, 0.15) is 0 Å². The smallest absolute Gasteiger partial charge is 0.342 e. The fourth-order valence-corrected chi connectivity index (χ4v) is 2.40. The van der Waals surface area contributed by atoms with E-state index in [1.54, 1.807) is 0 Å². The zero-order chi connectivity index (χ0) is 20.0. The van der Waals surface area contributed by atoms with Crippen LogP contribution in [0.3, 0.4) is 0 Å². The number of benzene rings is 1. The standard InChI is InChI=1S/C13H12N6O7S/c1-26-9-3-7(19(24)25)6(2-8(9)20)4-14-16-10(21)5-27-12-11(22)15-13(23)18-17-12/h2-4,20H,5H2,1H3,(H,16,21)(H2,15,18,22,23)/b14-4+. The number of nitro benzene ring substituents is 1. The molecule has 0 radical (unpaired) electrons. The van der Waals surface area contributed by atoms with Gasteiger partial charge in [-0.25, -0.2) is 15.3 Å². The van der Waals surface area contributed by atoms with Crippen LogP contribution in [0.5, 0.6) is 11.5 Å². The van der Waals surface area contributed by atoms with Crippen LogP contribution in [0.25, 0.3) is 0 Å². The van der Waals surface area contributed by atoms with Crippen molar-refractivity contribution in [2.24, 2.45) is 5.10 Å². The fraction of sp³-hybridized carbons (Fsp3) is 0.154. The van der Waals surface area contributed by atoms with Crippen LogP contribution < -0.4 is 21.4 Å². The normalized spacial score (nSPS) is 10.7. The number of carbonyl (C=O) groups is 1. The lowest BCUT2D eigenvalue weighted by atomic mass is 10.1. The van der Waals surface area contributed by atoms with Gasteiger partial charge in [-0.2, -0.15) is 10.2 Å². The molecule has 27 heavy (non-hydrogen) atoms. The number of ether oxygens (including phenoxy) is 1. The van der Waals surface area contributed by atoms with Crippen LogP contribution in [0.2, 0.25) is 0 Å². The highest BCUT2D eigenvalue weighted by Crippen LogP contribution is 2.32. The summed E-state index contributed by atoms with van der Waals surface area (Å²) in [4.78, 5) is 46.3. The maximum absolute atomic E-state index is 11.7. The quantitative estimate of drug-likeness (QED) is 0.203. The summed E-state index contributed by atoms with van der Waals surface area (Å²) >= 11 is 0.750. The summed E-state index contributed by atoms with van der Waals surface area (Å²) in [6, 6.07) is 2.08. The molecule has 13 nitrogen and oxygen atoms in total. The van der Waals surface area contributed by atoms with E-state index in [0.717, 1.165) is 30.1 Å². The lowest BCUT2D eigenvalue weighted by Crippen LogP contribution is -2.26. The molecule has 0 saturated heterocycles. The Balaban J connectivity index is 2.03. The molecule has 1 aromatic carbocycles. The molecule has 2 rings (SSSR count). The van der Waals surface area contributed by atoms with Gasteiger partial charge in [-0.1, -0.05) is 11.8 Å². The average Bonchev–Trinajstić information content (AvgIpc) is 2.61. The van der Waals surface area contributed by atoms with Crippen molar-refractivity contribution < 1.29 is 19.6 Å². The molecule has 14 heteroatoms. The number of H-pyrrole nitrogens is 2. The van der Waals surface area contributed by atoms with Gasteiger partial charge < -0.3 is 9.84 Å². The van der Waals surface area contributed by atoms with Crippen LogP contribution in [0, 0.1) is 10.1 Å². The lowest BCUT2D eigenvalue weighted by Gasteiger charge is -2.05. The van der Waals surface area contributed by atoms with Gasteiger partial charge in [0.05, 0.1) is 35.6 Å². The van der Waals surface area contributed by atoms with E-state index in [2.05, 4.69) is 15.6 Å². The van der Waals surface area contributed by atoms with Gasteiger partial charge in [0.15, 0.2) is 16.5 Å². The molecule has 0 aliphatic rings. The molecule has 0 aliphatic carbocycles. The van der Waals surface area contributed by atoms with E-state index in [0.29, 0.717) is 0 Å². The van der Waals surface area contributed by atoms with Crippen LogP contribution in [-0.4, -0.2) is 50.2 Å². The number of methoxy groups -OCH3 is 1. The predicted molar refractivity (Wildman–Crippen MR) is 93.3 cm³/mol. The van der Waals surface area contributed by atoms with Crippen molar-refractivity contribution in [3.05, 3.63) is 48.6 Å². The second kappa shape index (κ2) is 8.61. The van der Waals surface area contributed by atoms with E-state index in [4.69, 9.17) is 4.74 Å². The molecule has 0 unspecified atom stereocenters. The first-order valence-electron chi connectivity index (χ1n) is 7.01. The monoisotopic (exact) mass is 396 g/mol. The number of phenols is 1. The Hall–Kier alpha value is -3.68. The zero-order valence-corrected chi connectivity index (χ0v) is 14.4. The minimum absolute atomic E-state index is 0.0648. The van der Waals surface area contributed by atoms with Crippen LogP contribution in [0.1, 0.15) is 5.56 Å². The number of aromatic nitrogens is 3. The molecular weight excluding hydrogens is 384 g/mol. The minimum Gasteiger partial charge on any atom is -0.504 e. The lowest BCUT2D eigenvalue weighted by molar-refractivity contribution is -0.385. The Kier molecular flexibility index (Phi) is 6.27. The van der Waals surface area contributed by atoms with Gasteiger partial charge in [0.25, 0.3) is 11.2 Å². The molecular formula is C13H12N6O7S. The zero-order valence-electron chi connectivity index (χ0n) is 13.6. The fourth-order valence-electron chi connectivity index (χ4n) is 1.77. The largest absolute Gasteiger partial charge is 0.504 e. The van der Waals surface area contributed by atoms with Crippen molar-refractivity contribution in [3.63, 3.8) is 0 Å². The number of hydrogen-bond acceptors (Lipinski definition) is 10. The summed E-state index contributed by atoms with van der Waals surface area (Å²) in [5.74, 6) is -1.31. The number of nitro groups is 1. The van der Waals surface area contributed by atoms with E-state index < -0.39 is 22.1 Å². The maximum Gasteiger partial charge on any atom is 0.342 e. The summed E-state index contributed by atoms with van der Waals surface area (Å²) in [5.41, 5.74) is 0.135. The van der Waals surface area contributed by atoms with Crippen LogP contribution in [0.4, 0.5) is 5.69 Å². The molecule has 0 fully saturated rings. The minimum atomic E-state index is -0.775. The van der Waals surface area contributed by atoms with Gasteiger partial charge >= 0.3 is 5.69 Å². The van der Waals surface area contributed by atoms with Gasteiger partial charge in [0.2, 0.25) is 5.91 Å². The molecule has 0 bridgehead atoms. The molecule has 4 N–H and O–H groups in total. The summed E-state index contributed by atoms with van der Waals surface area (Å²) < 4.78 is 4.80. The number of carbonyl (C=O) groups excluding carboxylic acids is 1. The van der Waals surface area contributed by atoms with Crippen molar-refractivity contribution in [2.45, 2.75) is 5.03 Å². The second-order valence-corrected chi connectivity index (χ2v) is 5.70. The third kappa shape index (κ3) is 5.15. The summed E-state index contributed by atoms with van der Waals surface area (Å²) in [7, 11) is 1.24. The second-order valence-electron chi connectivity index (χ2n) is 4.73. The van der Waals surface area contributed by atoms with E-state index in [1.165, 1.54) is 7.11 Å². The molecule has 0 aliphatic heterocycles. The first-order valence-corrected chi connectivity index (χ1v) is 7.99. The number of phenolic OH excluding ortho intramolecular Hbond substituents is 1. The van der Waals surface area contributed by atoms with Gasteiger partial charge in [-0.15, -0.1) is 0 Å². The number of hydrogen-bond donors (Lipinski definition) is 4. The number of hydrazone groups is 1. The highest BCUT2D eigenvalue weighted by Gasteiger charge is 2.17. The Morgan fingerprint density at radius 3 is 2.89 bits per heavy atom. The van der Waals surface area contributed by atoms with Crippen molar-refractivity contribution in [3.8, 4) is 11.5 Å². The topological polar surface area (TPSA) is 193 Å². The van der Waals surface area contributed by atoms with E-state index in [-0.39, 0.29) is 33.5 Å². The number of rotatable bonds is 7. The summed E-state index contributed by atoms with van der Waals surface area (Å²) in [6.45, 7) is 0. The van der Waals surface area contributed by atoms with Crippen molar-refractivity contribution in [1.29, 1.82) is 0 Å². The number of thioether (sulfide) groups is 1. The highest BCUT2D eigenvalue weighted by atomic mass is 32.2. The van der Waals surface area contributed by atoms with Gasteiger partial charge in [-0.3, -0.25) is 24.7 Å². The van der Waals surface area contributed by atoms with Crippen molar-refractivity contribution in [2.75, 3.05) is 12.9 Å². The Bertz CT molecular complexity index is 1010. The van der Waals surface area contributed by atoms with E-state index in [1.807, 2.05) is 10.1 Å². The van der Waals surface area contributed by atoms with Crippen molar-refractivity contribution in [1.82, 2.24) is 20.6 Å².